The van der Waals surface area contributed by atoms with Crippen LogP contribution in [0.1, 0.15) is 85.0 Å². The van der Waals surface area contributed by atoms with Gasteiger partial charge in [-0.3, -0.25) is 0 Å². The van der Waals surface area contributed by atoms with E-state index in [4.69, 9.17) is 9.47 Å². The molecule has 34 heavy (non-hydrogen) atoms. The standard InChI is InChI=1S/C29H42O5/c1-19-22(16-23(30)17-26(19)31)10-9-21-8-7-15-29(4)24(11-12-25(21)29)20(2)33-18-27(32)34-28(3)13-5-6-14-28/h9-11,20,23,25-26,30-31H,1,5-8,12-18H2,2-4H3/t20-,23+,25-,26-,29+/m0/s1. The Morgan fingerprint density at radius 3 is 2.68 bits per heavy atom. The first-order valence-corrected chi connectivity index (χ1v) is 13.1. The highest BCUT2D eigenvalue weighted by Gasteiger charge is 2.46. The van der Waals surface area contributed by atoms with Crippen LogP contribution in [0.4, 0.5) is 0 Å². The minimum absolute atomic E-state index is 0.00357. The number of hydrogen-bond acceptors (Lipinski definition) is 5. The van der Waals surface area contributed by atoms with Gasteiger partial charge in [0.1, 0.15) is 12.2 Å². The van der Waals surface area contributed by atoms with E-state index in [0.29, 0.717) is 18.8 Å². The first-order chi connectivity index (χ1) is 16.1. The Morgan fingerprint density at radius 2 is 1.94 bits per heavy atom. The van der Waals surface area contributed by atoms with E-state index >= 15 is 0 Å². The number of esters is 1. The van der Waals surface area contributed by atoms with Crippen LogP contribution in [-0.2, 0) is 14.3 Å². The van der Waals surface area contributed by atoms with Crippen LogP contribution in [0.5, 0.6) is 0 Å². The summed E-state index contributed by atoms with van der Waals surface area (Å²) in [6.45, 7) is 10.5. The molecule has 5 nitrogen and oxygen atoms in total. The fourth-order valence-corrected chi connectivity index (χ4v) is 6.76. The average molecular weight is 471 g/mol. The summed E-state index contributed by atoms with van der Waals surface area (Å²) in [6.07, 6.45) is 14.6. The summed E-state index contributed by atoms with van der Waals surface area (Å²) in [6, 6.07) is 0. The van der Waals surface area contributed by atoms with E-state index in [0.717, 1.165) is 62.5 Å². The summed E-state index contributed by atoms with van der Waals surface area (Å²) in [4.78, 5) is 12.4. The van der Waals surface area contributed by atoms with Gasteiger partial charge in [0.25, 0.3) is 0 Å². The van der Waals surface area contributed by atoms with Crippen molar-refractivity contribution in [2.75, 3.05) is 6.61 Å². The Balaban J connectivity index is 1.39. The van der Waals surface area contributed by atoms with E-state index in [-0.39, 0.29) is 29.7 Å². The molecule has 2 N–H and O–H groups in total. The second-order valence-corrected chi connectivity index (χ2v) is 11.4. The van der Waals surface area contributed by atoms with Crippen LogP contribution in [0.2, 0.25) is 0 Å². The van der Waals surface area contributed by atoms with Crippen molar-refractivity contribution in [1.29, 1.82) is 0 Å². The summed E-state index contributed by atoms with van der Waals surface area (Å²) in [5.41, 5.74) is 4.08. The molecule has 5 atom stereocenters. The molecular weight excluding hydrogens is 428 g/mol. The molecule has 4 rings (SSSR count). The smallest absolute Gasteiger partial charge is 0.332 e. The number of rotatable bonds is 6. The zero-order valence-electron chi connectivity index (χ0n) is 21.1. The second-order valence-electron chi connectivity index (χ2n) is 11.4. The van der Waals surface area contributed by atoms with Crippen molar-refractivity contribution in [2.24, 2.45) is 11.3 Å². The molecule has 0 spiro atoms. The van der Waals surface area contributed by atoms with Gasteiger partial charge in [0, 0.05) is 6.42 Å². The van der Waals surface area contributed by atoms with E-state index in [1.807, 2.05) is 6.92 Å². The normalized spacial score (nSPS) is 36.4. The van der Waals surface area contributed by atoms with Crippen LogP contribution in [-0.4, -0.2) is 46.7 Å². The number of carbonyl (C=O) groups is 1. The number of aliphatic hydroxyl groups is 2. The van der Waals surface area contributed by atoms with E-state index in [1.54, 1.807) is 0 Å². The van der Waals surface area contributed by atoms with Gasteiger partial charge >= 0.3 is 5.97 Å². The predicted molar refractivity (Wildman–Crippen MR) is 133 cm³/mol. The number of aliphatic hydroxyl groups excluding tert-OH is 2. The summed E-state index contributed by atoms with van der Waals surface area (Å²) >= 11 is 0. The van der Waals surface area contributed by atoms with Crippen molar-refractivity contribution in [3.05, 3.63) is 47.1 Å². The zero-order chi connectivity index (χ0) is 24.5. The molecule has 0 unspecified atom stereocenters. The maximum atomic E-state index is 12.4. The van der Waals surface area contributed by atoms with Gasteiger partial charge in [-0.25, -0.2) is 4.79 Å². The molecule has 0 aromatic carbocycles. The van der Waals surface area contributed by atoms with E-state index in [1.165, 1.54) is 11.1 Å². The molecule has 0 heterocycles. The monoisotopic (exact) mass is 470 g/mol. The Morgan fingerprint density at radius 1 is 1.21 bits per heavy atom. The van der Waals surface area contributed by atoms with Crippen molar-refractivity contribution in [1.82, 2.24) is 0 Å². The predicted octanol–water partition coefficient (Wildman–Crippen LogP) is 5.33. The molecule has 0 aliphatic heterocycles. The van der Waals surface area contributed by atoms with Crippen LogP contribution >= 0.6 is 0 Å². The van der Waals surface area contributed by atoms with Crippen LogP contribution in [0.3, 0.4) is 0 Å². The molecule has 5 heteroatoms. The molecular formula is C29H42O5. The van der Waals surface area contributed by atoms with Gasteiger partial charge in [0.2, 0.25) is 0 Å². The molecule has 188 valence electrons. The van der Waals surface area contributed by atoms with E-state index in [2.05, 4.69) is 38.7 Å². The highest BCUT2D eigenvalue weighted by Crippen LogP contribution is 2.55. The van der Waals surface area contributed by atoms with Crippen molar-refractivity contribution in [3.8, 4) is 0 Å². The van der Waals surface area contributed by atoms with Gasteiger partial charge in [0.15, 0.2) is 0 Å². The van der Waals surface area contributed by atoms with Crippen LogP contribution < -0.4 is 0 Å². The van der Waals surface area contributed by atoms with Crippen molar-refractivity contribution in [3.63, 3.8) is 0 Å². The molecule has 0 bridgehead atoms. The Bertz CT molecular complexity index is 890. The lowest BCUT2D eigenvalue weighted by molar-refractivity contribution is -0.164. The highest BCUT2D eigenvalue weighted by atomic mass is 16.6. The van der Waals surface area contributed by atoms with Crippen molar-refractivity contribution < 1.29 is 24.5 Å². The lowest BCUT2D eigenvalue weighted by atomic mass is 9.63. The maximum Gasteiger partial charge on any atom is 0.332 e. The molecule has 4 aliphatic carbocycles. The fourth-order valence-electron chi connectivity index (χ4n) is 6.76. The third kappa shape index (κ3) is 5.27. The van der Waals surface area contributed by atoms with Gasteiger partial charge in [-0.15, -0.1) is 0 Å². The summed E-state index contributed by atoms with van der Waals surface area (Å²) < 4.78 is 11.8. The van der Waals surface area contributed by atoms with Crippen molar-refractivity contribution in [2.45, 2.75) is 109 Å². The van der Waals surface area contributed by atoms with Gasteiger partial charge in [-0.2, -0.15) is 0 Å². The largest absolute Gasteiger partial charge is 0.458 e. The molecule has 0 aromatic heterocycles. The third-order valence-electron chi connectivity index (χ3n) is 8.79. The summed E-state index contributed by atoms with van der Waals surface area (Å²) in [5, 5.41) is 20.2. The summed E-state index contributed by atoms with van der Waals surface area (Å²) in [7, 11) is 0. The first kappa shape index (κ1) is 25.4. The number of hydrogen-bond donors (Lipinski definition) is 2. The van der Waals surface area contributed by atoms with Crippen molar-refractivity contribution >= 4 is 5.97 Å². The van der Waals surface area contributed by atoms with Crippen LogP contribution in [0.25, 0.3) is 0 Å². The molecule has 3 fully saturated rings. The topological polar surface area (TPSA) is 76.0 Å². The number of allylic oxidation sites excluding steroid dienone is 4. The summed E-state index contributed by atoms with van der Waals surface area (Å²) in [5.74, 6) is 0.152. The van der Waals surface area contributed by atoms with E-state index in [9.17, 15) is 15.0 Å². The number of carbonyl (C=O) groups excluding carboxylic acids is 1. The van der Waals surface area contributed by atoms with Gasteiger partial charge in [0.05, 0.1) is 18.3 Å². The minimum atomic E-state index is -0.661. The molecule has 0 aromatic rings. The molecule has 0 radical (unpaired) electrons. The number of fused-ring (bicyclic) bond motifs is 1. The Hall–Kier alpha value is -1.69. The average Bonchev–Trinajstić information content (AvgIpc) is 3.36. The fraction of sp³-hybridized carbons (Fsp3) is 0.690. The zero-order valence-corrected chi connectivity index (χ0v) is 21.1. The molecule has 0 saturated heterocycles. The van der Waals surface area contributed by atoms with Crippen LogP contribution in [0.15, 0.2) is 47.1 Å². The number of ether oxygens (including phenoxy) is 2. The first-order valence-electron chi connectivity index (χ1n) is 13.1. The molecule has 4 aliphatic rings. The maximum absolute atomic E-state index is 12.4. The van der Waals surface area contributed by atoms with Gasteiger partial charge < -0.3 is 19.7 Å². The Kier molecular flexibility index (Phi) is 7.56. The molecule has 3 saturated carbocycles. The van der Waals surface area contributed by atoms with Gasteiger partial charge in [-0.05, 0) is 99.7 Å². The second kappa shape index (κ2) is 10.1. The molecule has 0 amide bonds. The van der Waals surface area contributed by atoms with Crippen LogP contribution in [0, 0.1) is 11.3 Å². The SMILES string of the molecule is C=C1C(=CC=C2CCC[C@]3(C)C([C@H](C)OCC(=O)OC4(C)CCCC4)=CC[C@@H]23)C[C@@H](O)C[C@@H]1O. The minimum Gasteiger partial charge on any atom is -0.458 e. The lowest BCUT2D eigenvalue weighted by Crippen LogP contribution is -2.36. The third-order valence-corrected chi connectivity index (χ3v) is 8.79. The Labute approximate surface area is 204 Å². The van der Waals surface area contributed by atoms with E-state index < -0.39 is 12.2 Å². The lowest BCUT2D eigenvalue weighted by Gasteiger charge is -2.42. The quantitative estimate of drug-likeness (QED) is 0.405. The highest BCUT2D eigenvalue weighted by molar-refractivity contribution is 5.71. The van der Waals surface area contributed by atoms with Gasteiger partial charge in [-0.1, -0.05) is 37.3 Å².